The lowest BCUT2D eigenvalue weighted by atomic mass is 9.97. The fourth-order valence-corrected chi connectivity index (χ4v) is 4.91. The van der Waals surface area contributed by atoms with Gasteiger partial charge in [0, 0.05) is 42.3 Å². The zero-order valence-electron chi connectivity index (χ0n) is 18.1. The van der Waals surface area contributed by atoms with E-state index in [0.717, 1.165) is 37.8 Å². The average Bonchev–Trinajstić information content (AvgIpc) is 2.73. The van der Waals surface area contributed by atoms with Gasteiger partial charge in [-0.2, -0.15) is 0 Å². The first-order valence-corrected chi connectivity index (χ1v) is 12.3. The highest BCUT2D eigenvalue weighted by molar-refractivity contribution is 6.35. The molecule has 2 fully saturated rings. The number of likely N-dealkylation sites (tertiary alicyclic amines) is 1. The van der Waals surface area contributed by atoms with Crippen molar-refractivity contribution in [3.8, 4) is 0 Å². The fraction of sp³-hybridized carbons (Fsp3) is 0.680. The molecule has 8 heteroatoms. The van der Waals surface area contributed by atoms with Crippen LogP contribution in [0.1, 0.15) is 78.2 Å². The molecule has 1 aromatic carbocycles. The van der Waals surface area contributed by atoms with Crippen molar-refractivity contribution in [3.63, 3.8) is 0 Å². The summed E-state index contributed by atoms with van der Waals surface area (Å²) in [4.78, 5) is 26.8. The Kier molecular flexibility index (Phi) is 13.6. The Hall–Kier alpha value is -1.66. The number of nitrogens with one attached hydrogen (secondary N) is 3. The van der Waals surface area contributed by atoms with E-state index in [1.165, 1.54) is 32.1 Å². The summed E-state index contributed by atoms with van der Waals surface area (Å²) in [6.45, 7) is 2.32. The number of hydrogen-bond donors (Lipinski definition) is 3. The van der Waals surface area contributed by atoms with E-state index in [4.69, 9.17) is 23.2 Å². The third-order valence-electron chi connectivity index (χ3n) is 6.24. The summed E-state index contributed by atoms with van der Waals surface area (Å²) in [6.07, 6.45) is 10.3. The van der Waals surface area contributed by atoms with Crippen LogP contribution in [0.5, 0.6) is 0 Å². The van der Waals surface area contributed by atoms with Crippen molar-refractivity contribution in [2.75, 3.05) is 19.6 Å². The van der Waals surface area contributed by atoms with Gasteiger partial charge in [0.15, 0.2) is 0 Å². The first-order valence-electron chi connectivity index (χ1n) is 11.5. The zero-order valence-corrected chi connectivity index (χ0v) is 19.6. The van der Waals surface area contributed by atoms with Gasteiger partial charge in [0.1, 0.15) is 0 Å². The smallest absolute Gasteiger partial charge is 0.317 e. The summed E-state index contributed by atoms with van der Waals surface area (Å²) in [5, 5.41) is 10.2. The van der Waals surface area contributed by atoms with Gasteiger partial charge in [0.25, 0.3) is 0 Å². The third kappa shape index (κ3) is 10.0. The lowest BCUT2D eigenvalue weighted by molar-refractivity contribution is 0.164. The summed E-state index contributed by atoms with van der Waals surface area (Å²) in [7, 11) is 0. The number of carbonyl (C=O) groups is 2. The van der Waals surface area contributed by atoms with E-state index in [-0.39, 0.29) is 38.9 Å². The van der Waals surface area contributed by atoms with E-state index in [2.05, 4.69) is 16.0 Å². The molecule has 1 aromatic rings. The van der Waals surface area contributed by atoms with Crippen molar-refractivity contribution in [2.45, 2.75) is 85.2 Å². The van der Waals surface area contributed by atoms with Gasteiger partial charge in [-0.1, -0.05) is 76.2 Å². The van der Waals surface area contributed by atoms with E-state index in [1.54, 1.807) is 12.1 Å². The molecule has 1 heterocycles. The molecule has 0 spiro atoms. The van der Waals surface area contributed by atoms with Gasteiger partial charge in [-0.05, 0) is 49.3 Å². The highest BCUT2D eigenvalue weighted by Gasteiger charge is 2.24. The van der Waals surface area contributed by atoms with Crippen LogP contribution in [-0.2, 0) is 6.54 Å². The van der Waals surface area contributed by atoms with E-state index in [1.807, 2.05) is 11.0 Å². The molecule has 0 aromatic heterocycles. The minimum absolute atomic E-state index is 0. The highest BCUT2D eigenvalue weighted by Crippen LogP contribution is 2.21. The average molecular weight is 502 g/mol. The monoisotopic (exact) mass is 500 g/mol. The standard InChI is InChI=1S/C23H34Cl2N4O2.2CH4/c24-19-11-10-18(21(25)13-19)15-27-23(31)29-12-6-7-17(16-29)14-26-22(30)28-20-8-4-2-1-3-5-9-20;;/h10-11,13,17,20H,1-9,12,14-16H2,(H,27,31)(H2,26,28,30);2*1H4. The lowest BCUT2D eigenvalue weighted by Gasteiger charge is -2.33. The fourth-order valence-electron chi connectivity index (χ4n) is 4.44. The zero-order chi connectivity index (χ0) is 22.1. The van der Waals surface area contributed by atoms with E-state index in [9.17, 15) is 9.59 Å². The van der Waals surface area contributed by atoms with Crippen molar-refractivity contribution in [3.05, 3.63) is 33.8 Å². The summed E-state index contributed by atoms with van der Waals surface area (Å²) in [5.74, 6) is 0.265. The Labute approximate surface area is 210 Å². The van der Waals surface area contributed by atoms with Crippen molar-refractivity contribution in [2.24, 2.45) is 5.92 Å². The number of hydrogen-bond acceptors (Lipinski definition) is 2. The van der Waals surface area contributed by atoms with Gasteiger partial charge in [-0.3, -0.25) is 0 Å². The third-order valence-corrected chi connectivity index (χ3v) is 6.83. The molecule has 1 aliphatic heterocycles. The molecule has 0 radical (unpaired) electrons. The largest absolute Gasteiger partial charge is 0.338 e. The second-order valence-electron chi connectivity index (χ2n) is 8.75. The van der Waals surface area contributed by atoms with Crippen LogP contribution < -0.4 is 16.0 Å². The molecule has 1 atom stereocenters. The number of urea groups is 2. The Morgan fingerprint density at radius 2 is 1.64 bits per heavy atom. The van der Waals surface area contributed by atoms with Gasteiger partial charge in [0.05, 0.1) is 0 Å². The maximum atomic E-state index is 12.6. The minimum Gasteiger partial charge on any atom is -0.338 e. The van der Waals surface area contributed by atoms with Crippen molar-refractivity contribution in [1.29, 1.82) is 0 Å². The van der Waals surface area contributed by atoms with Crippen LogP contribution >= 0.6 is 23.2 Å². The van der Waals surface area contributed by atoms with Crippen molar-refractivity contribution >= 4 is 35.3 Å². The van der Waals surface area contributed by atoms with Gasteiger partial charge >= 0.3 is 12.1 Å². The molecule has 33 heavy (non-hydrogen) atoms. The molecule has 4 amide bonds. The molecule has 1 aliphatic carbocycles. The van der Waals surface area contributed by atoms with Crippen molar-refractivity contribution < 1.29 is 9.59 Å². The van der Waals surface area contributed by atoms with E-state index < -0.39 is 0 Å². The van der Waals surface area contributed by atoms with Crippen LogP contribution in [0, 0.1) is 5.92 Å². The summed E-state index contributed by atoms with van der Waals surface area (Å²) >= 11 is 12.1. The highest BCUT2D eigenvalue weighted by atomic mass is 35.5. The summed E-state index contributed by atoms with van der Waals surface area (Å²) in [6, 6.07) is 5.36. The predicted molar refractivity (Wildman–Crippen MR) is 139 cm³/mol. The van der Waals surface area contributed by atoms with Gasteiger partial charge in [-0.15, -0.1) is 0 Å². The Morgan fingerprint density at radius 1 is 0.939 bits per heavy atom. The maximum Gasteiger partial charge on any atom is 0.317 e. The van der Waals surface area contributed by atoms with Gasteiger partial charge in [-0.25, -0.2) is 9.59 Å². The SMILES string of the molecule is C.C.O=C(NCC1CCCN(C(=O)NCc2ccc(Cl)cc2Cl)C1)NC1CCCCCCC1. The predicted octanol–water partition coefficient (Wildman–Crippen LogP) is 6.60. The van der Waals surface area contributed by atoms with Crippen molar-refractivity contribution in [1.82, 2.24) is 20.9 Å². The van der Waals surface area contributed by atoms with E-state index >= 15 is 0 Å². The van der Waals surface area contributed by atoms with Crippen LogP contribution in [-0.4, -0.2) is 42.6 Å². The topological polar surface area (TPSA) is 73.5 Å². The molecule has 3 rings (SSSR count). The number of nitrogens with zero attached hydrogens (tertiary/aromatic N) is 1. The van der Waals surface area contributed by atoms with Crippen LogP contribution in [0.2, 0.25) is 10.0 Å². The quantitative estimate of drug-likeness (QED) is 0.425. The Balaban J connectivity index is 0.00000272. The summed E-state index contributed by atoms with van der Waals surface area (Å²) in [5.41, 5.74) is 0.834. The molecule has 6 nitrogen and oxygen atoms in total. The number of amides is 4. The lowest BCUT2D eigenvalue weighted by Crippen LogP contribution is -2.49. The second-order valence-corrected chi connectivity index (χ2v) is 9.59. The van der Waals surface area contributed by atoms with Crippen LogP contribution in [0.4, 0.5) is 9.59 Å². The molecule has 188 valence electrons. The summed E-state index contributed by atoms with van der Waals surface area (Å²) < 4.78 is 0. The normalized spacial score (nSPS) is 19.2. The Morgan fingerprint density at radius 3 is 2.33 bits per heavy atom. The second kappa shape index (κ2) is 15.3. The molecule has 1 unspecified atom stereocenters. The number of rotatable bonds is 5. The molecule has 2 aliphatic rings. The van der Waals surface area contributed by atoms with Crippen LogP contribution in [0.15, 0.2) is 18.2 Å². The van der Waals surface area contributed by atoms with Crippen LogP contribution in [0.25, 0.3) is 0 Å². The number of halogens is 2. The van der Waals surface area contributed by atoms with Gasteiger partial charge < -0.3 is 20.9 Å². The van der Waals surface area contributed by atoms with E-state index in [0.29, 0.717) is 29.7 Å². The minimum atomic E-state index is -0.102. The number of carbonyl (C=O) groups excluding carboxylic acids is 2. The molecule has 3 N–H and O–H groups in total. The molecular formula is C25H42Cl2N4O2. The Bertz CT molecular complexity index is 739. The van der Waals surface area contributed by atoms with Gasteiger partial charge in [0.2, 0.25) is 0 Å². The molecular weight excluding hydrogens is 459 g/mol. The first kappa shape index (κ1) is 29.4. The van der Waals surface area contributed by atoms with Crippen LogP contribution in [0.3, 0.4) is 0 Å². The molecule has 1 saturated carbocycles. The first-order chi connectivity index (χ1) is 15.0. The number of piperidine rings is 1. The molecule has 1 saturated heterocycles. The molecule has 0 bridgehead atoms. The number of benzene rings is 1. The maximum absolute atomic E-state index is 12.6.